The van der Waals surface area contributed by atoms with Gasteiger partial charge in [0.1, 0.15) is 0 Å². The summed E-state index contributed by atoms with van der Waals surface area (Å²) in [4.78, 5) is 39.5. The van der Waals surface area contributed by atoms with Crippen LogP contribution in [0.1, 0.15) is 74.0 Å². The van der Waals surface area contributed by atoms with Gasteiger partial charge in [-0.05, 0) is 74.5 Å². The molecule has 2 aromatic carbocycles. The van der Waals surface area contributed by atoms with Crippen LogP contribution in [0.2, 0.25) is 0 Å². The molecule has 2 fully saturated rings. The molecule has 3 aliphatic carbocycles. The number of allylic oxidation sites excluding steroid dienone is 3. The number of aryl methyl sites for hydroxylation is 1. The molecule has 7 heteroatoms. The van der Waals surface area contributed by atoms with Crippen LogP contribution in [0.4, 0.5) is 5.82 Å². The molecule has 2 saturated carbocycles. The molecule has 2 amide bonds. The highest BCUT2D eigenvalue weighted by Gasteiger charge is 2.52. The molecule has 45 heavy (non-hydrogen) atoms. The molecule has 0 bridgehead atoms. The minimum absolute atomic E-state index is 0.00773. The Kier molecular flexibility index (Phi) is 5.74. The van der Waals surface area contributed by atoms with Crippen LogP contribution >= 0.6 is 0 Å². The number of aliphatic imine (C=N–C) groups is 2. The van der Waals surface area contributed by atoms with Gasteiger partial charge in [0.25, 0.3) is 5.91 Å². The van der Waals surface area contributed by atoms with E-state index >= 15 is 0 Å². The van der Waals surface area contributed by atoms with E-state index in [0.717, 1.165) is 82.7 Å². The Morgan fingerprint density at radius 2 is 1.76 bits per heavy atom. The average molecular weight is 594 g/mol. The van der Waals surface area contributed by atoms with Gasteiger partial charge in [-0.1, -0.05) is 72.3 Å². The van der Waals surface area contributed by atoms with E-state index in [1.807, 2.05) is 30.0 Å². The van der Waals surface area contributed by atoms with Gasteiger partial charge >= 0.3 is 0 Å². The molecule has 0 N–H and O–H groups in total. The first-order chi connectivity index (χ1) is 21.9. The Balaban J connectivity index is 1.10. The van der Waals surface area contributed by atoms with Crippen molar-refractivity contribution in [1.29, 1.82) is 0 Å². The van der Waals surface area contributed by atoms with Gasteiger partial charge in [0, 0.05) is 29.0 Å². The van der Waals surface area contributed by atoms with Gasteiger partial charge in [0.2, 0.25) is 5.91 Å². The third kappa shape index (κ3) is 3.99. The predicted molar refractivity (Wildman–Crippen MR) is 174 cm³/mol. The number of imide groups is 1. The van der Waals surface area contributed by atoms with Crippen LogP contribution < -0.4 is 0 Å². The van der Waals surface area contributed by atoms with E-state index < -0.39 is 5.54 Å². The van der Waals surface area contributed by atoms with Crippen molar-refractivity contribution in [2.75, 3.05) is 0 Å². The number of dihydropyridines is 1. The van der Waals surface area contributed by atoms with Crippen LogP contribution in [0.25, 0.3) is 5.57 Å². The maximum atomic E-state index is 14.1. The first-order valence-electron chi connectivity index (χ1n) is 16.2. The Bertz CT molecular complexity index is 1940. The van der Waals surface area contributed by atoms with Crippen LogP contribution in [0.15, 0.2) is 99.5 Å². The SMILES string of the molecule is CC1=C(c2ccccc2)C(c2ccc(C3(N4C(=O)CC5=C(CC6CC6C=C5)C4=O)CCC3)cc2)=NC2C1C=Nc1cc(C)nn12. The average Bonchev–Trinajstić information content (AvgIpc) is 3.69. The number of rotatable bonds is 4. The summed E-state index contributed by atoms with van der Waals surface area (Å²) in [7, 11) is 0. The van der Waals surface area contributed by atoms with Gasteiger partial charge in [-0.2, -0.15) is 5.10 Å². The van der Waals surface area contributed by atoms with Crippen LogP contribution in [0, 0.1) is 24.7 Å². The zero-order valence-corrected chi connectivity index (χ0v) is 25.6. The second-order valence-electron chi connectivity index (χ2n) is 13.6. The van der Waals surface area contributed by atoms with Crippen LogP contribution in [0.3, 0.4) is 0 Å². The summed E-state index contributed by atoms with van der Waals surface area (Å²) in [6.07, 6.45) is 10.9. The molecule has 0 saturated heterocycles. The summed E-state index contributed by atoms with van der Waals surface area (Å²) in [5, 5.41) is 4.76. The van der Waals surface area contributed by atoms with Crippen molar-refractivity contribution < 1.29 is 9.59 Å². The quantitative estimate of drug-likeness (QED) is 0.305. The molecule has 3 aliphatic heterocycles. The van der Waals surface area contributed by atoms with Gasteiger partial charge < -0.3 is 0 Å². The number of benzene rings is 2. The van der Waals surface area contributed by atoms with E-state index in [9.17, 15) is 9.59 Å². The molecule has 4 atom stereocenters. The number of aromatic nitrogens is 2. The zero-order chi connectivity index (χ0) is 30.4. The summed E-state index contributed by atoms with van der Waals surface area (Å²) in [5.74, 6) is 1.81. The topological polar surface area (TPSA) is 79.9 Å². The molecule has 4 heterocycles. The molecule has 0 radical (unpaired) electrons. The molecule has 7 nitrogen and oxygen atoms in total. The van der Waals surface area contributed by atoms with Crippen molar-refractivity contribution in [2.24, 2.45) is 27.7 Å². The van der Waals surface area contributed by atoms with Crippen molar-refractivity contribution in [1.82, 2.24) is 14.7 Å². The smallest absolute Gasteiger partial charge is 0.257 e. The Hall–Kier alpha value is -4.65. The highest BCUT2D eigenvalue weighted by Crippen LogP contribution is 2.52. The van der Waals surface area contributed by atoms with E-state index in [0.29, 0.717) is 18.3 Å². The summed E-state index contributed by atoms with van der Waals surface area (Å²) < 4.78 is 1.95. The fourth-order valence-corrected chi connectivity index (χ4v) is 8.27. The third-order valence-electron chi connectivity index (χ3n) is 11.0. The van der Waals surface area contributed by atoms with Crippen LogP contribution in [-0.4, -0.2) is 38.4 Å². The second-order valence-corrected chi connectivity index (χ2v) is 13.6. The van der Waals surface area contributed by atoms with Gasteiger partial charge in [0.15, 0.2) is 12.0 Å². The number of hydrogen-bond acceptors (Lipinski definition) is 5. The molecule has 6 aliphatic rings. The van der Waals surface area contributed by atoms with Gasteiger partial charge in [-0.3, -0.25) is 19.5 Å². The molecule has 3 aromatic rings. The third-order valence-corrected chi connectivity index (χ3v) is 11.0. The van der Waals surface area contributed by atoms with Crippen molar-refractivity contribution in [2.45, 2.75) is 64.1 Å². The Morgan fingerprint density at radius 3 is 2.51 bits per heavy atom. The van der Waals surface area contributed by atoms with Gasteiger partial charge in [-0.15, -0.1) is 0 Å². The molecule has 9 rings (SSSR count). The van der Waals surface area contributed by atoms with Crippen molar-refractivity contribution in [3.63, 3.8) is 0 Å². The second kappa shape index (κ2) is 9.67. The van der Waals surface area contributed by atoms with E-state index in [2.05, 4.69) is 67.6 Å². The van der Waals surface area contributed by atoms with E-state index in [1.165, 1.54) is 5.57 Å². The van der Waals surface area contributed by atoms with Crippen molar-refractivity contribution in [3.8, 4) is 0 Å². The van der Waals surface area contributed by atoms with Crippen molar-refractivity contribution >= 4 is 35.1 Å². The maximum Gasteiger partial charge on any atom is 0.257 e. The number of hydrogen-bond donors (Lipinski definition) is 0. The summed E-state index contributed by atoms with van der Waals surface area (Å²) >= 11 is 0. The lowest BCUT2D eigenvalue weighted by Crippen LogP contribution is -2.58. The van der Waals surface area contributed by atoms with Gasteiger partial charge in [0.05, 0.1) is 29.3 Å². The summed E-state index contributed by atoms with van der Waals surface area (Å²) in [5.41, 5.74) is 8.54. The monoisotopic (exact) mass is 593 g/mol. The van der Waals surface area contributed by atoms with E-state index in [-0.39, 0.29) is 23.9 Å². The van der Waals surface area contributed by atoms with Crippen molar-refractivity contribution in [3.05, 3.63) is 112 Å². The summed E-state index contributed by atoms with van der Waals surface area (Å²) in [6.45, 7) is 4.17. The first-order valence-corrected chi connectivity index (χ1v) is 16.2. The normalized spacial score (nSPS) is 27.7. The first kappa shape index (κ1) is 26.7. The minimum atomic E-state index is -0.584. The van der Waals surface area contributed by atoms with Crippen LogP contribution in [0.5, 0.6) is 0 Å². The fourth-order valence-electron chi connectivity index (χ4n) is 8.27. The highest BCUT2D eigenvalue weighted by atomic mass is 16.2. The molecule has 1 aromatic heterocycles. The molecule has 4 unspecified atom stereocenters. The van der Waals surface area contributed by atoms with Crippen LogP contribution in [-0.2, 0) is 15.1 Å². The molecule has 0 spiro atoms. The Labute approximate surface area is 262 Å². The largest absolute Gasteiger partial charge is 0.274 e. The van der Waals surface area contributed by atoms with E-state index in [4.69, 9.17) is 15.1 Å². The summed E-state index contributed by atoms with van der Waals surface area (Å²) in [6, 6.07) is 20.9. The molecular formula is C38H35N5O2. The molecular weight excluding hydrogens is 558 g/mol. The molecule has 224 valence electrons. The predicted octanol–water partition coefficient (Wildman–Crippen LogP) is 7.03. The highest BCUT2D eigenvalue weighted by molar-refractivity contribution is 6.33. The fraction of sp³-hybridized carbons (Fsp3) is 0.342. The lowest BCUT2D eigenvalue weighted by Gasteiger charge is -2.51. The zero-order valence-electron chi connectivity index (χ0n) is 25.6. The lowest BCUT2D eigenvalue weighted by atomic mass is 9.69. The van der Waals surface area contributed by atoms with E-state index in [1.54, 1.807) is 4.90 Å². The number of carbonyl (C=O) groups is 2. The number of amides is 2. The number of fused-ring (bicyclic) bond motifs is 4. The number of nitrogens with zero attached hydrogens (tertiary/aromatic N) is 5. The minimum Gasteiger partial charge on any atom is -0.274 e. The lowest BCUT2D eigenvalue weighted by molar-refractivity contribution is -0.156. The standard InChI is InChI=1S/C38H35N5O2/c1-22-17-32-39-21-31-23(2)34(24-7-4-3-5-8-24)35(40-36(31)43(32)41-22)25-11-13-29(14-12-25)38(15-6-16-38)42-33(44)20-27-10-9-26-18-28(26)19-30(27)37(42)45/h3-5,7-14,17,21,26,28,31,36H,6,15-16,18-20H2,1-2H3. The maximum absolute atomic E-state index is 14.1. The number of carbonyl (C=O) groups excluding carboxylic acids is 2. The van der Waals surface area contributed by atoms with Gasteiger partial charge in [-0.25, -0.2) is 9.67 Å². The Morgan fingerprint density at radius 1 is 0.956 bits per heavy atom.